The van der Waals surface area contributed by atoms with Gasteiger partial charge in [-0.3, -0.25) is 0 Å². The van der Waals surface area contributed by atoms with E-state index in [2.05, 4.69) is 0 Å². The van der Waals surface area contributed by atoms with Gasteiger partial charge in [-0.1, -0.05) is 0 Å². The van der Waals surface area contributed by atoms with Gasteiger partial charge in [0.1, 0.15) is 6.17 Å². The molecule has 0 aliphatic carbocycles. The number of carbonyl (C=O) groups is 1. The number of nitrogens with zero attached hydrogens (tertiary/aromatic N) is 1. The van der Waals surface area contributed by atoms with Gasteiger partial charge in [-0.2, -0.15) is 0 Å². The molecule has 2 atom stereocenters. The highest BCUT2D eigenvalue weighted by atomic mass is 19.1. The van der Waals surface area contributed by atoms with Crippen molar-refractivity contribution in [3.05, 3.63) is 0 Å². The first-order valence-electron chi connectivity index (χ1n) is 3.16. The van der Waals surface area contributed by atoms with Crippen molar-refractivity contribution in [3.8, 4) is 0 Å². The first kappa shape index (κ1) is 7.69. The third-order valence-corrected chi connectivity index (χ3v) is 1.59. The summed E-state index contributed by atoms with van der Waals surface area (Å²) in [5.74, 6) is 0. The summed E-state index contributed by atoms with van der Waals surface area (Å²) in [4.78, 5) is 11.5. The molecule has 0 aromatic rings. The summed E-state index contributed by atoms with van der Waals surface area (Å²) in [7, 11) is 1.32. The molecule has 0 bridgehead atoms. The Hall–Kier alpha value is -0.415. The van der Waals surface area contributed by atoms with E-state index in [1.807, 2.05) is 0 Å². The molecule has 0 unspecified atom stereocenters. The third-order valence-electron chi connectivity index (χ3n) is 1.59. The number of halogens is 1. The number of hydrogen-bond acceptors (Lipinski definition) is 3. The SMILES string of the molecule is N[C@@H]1CN([B]C=O)C[C@@H]1F. The highest BCUT2D eigenvalue weighted by Crippen LogP contribution is 2.08. The highest BCUT2D eigenvalue weighted by molar-refractivity contribution is 6.64. The maximum Gasteiger partial charge on any atom is 0.293 e. The Labute approximate surface area is 59.6 Å². The van der Waals surface area contributed by atoms with Gasteiger partial charge in [0.05, 0.1) is 6.19 Å². The average molecular weight is 143 g/mol. The van der Waals surface area contributed by atoms with Gasteiger partial charge in [-0.25, -0.2) is 4.39 Å². The van der Waals surface area contributed by atoms with E-state index in [1.165, 1.54) is 7.41 Å². The Morgan fingerprint density at radius 1 is 1.70 bits per heavy atom. The Bertz CT molecular complexity index is 125. The summed E-state index contributed by atoms with van der Waals surface area (Å²) in [6.45, 7) is 0.694. The van der Waals surface area contributed by atoms with Crippen LogP contribution in [-0.4, -0.2) is 43.7 Å². The summed E-state index contributed by atoms with van der Waals surface area (Å²) in [6, 6.07) is -0.434. The molecule has 1 fully saturated rings. The van der Waals surface area contributed by atoms with Crippen LogP contribution in [0.3, 0.4) is 0 Å². The molecule has 1 aliphatic rings. The smallest absolute Gasteiger partial charge is 0.293 e. The highest BCUT2D eigenvalue weighted by Gasteiger charge is 2.29. The molecule has 0 saturated carbocycles. The zero-order chi connectivity index (χ0) is 7.56. The van der Waals surface area contributed by atoms with E-state index in [0.717, 1.165) is 0 Å². The molecule has 55 valence electrons. The van der Waals surface area contributed by atoms with Crippen molar-refractivity contribution in [1.29, 1.82) is 0 Å². The van der Waals surface area contributed by atoms with Crippen molar-refractivity contribution in [2.75, 3.05) is 13.1 Å². The second kappa shape index (κ2) is 3.12. The lowest BCUT2D eigenvalue weighted by atomic mass is 9.96. The van der Waals surface area contributed by atoms with Crippen LogP contribution in [0.15, 0.2) is 0 Å². The van der Waals surface area contributed by atoms with Crippen LogP contribution in [0, 0.1) is 0 Å². The molecule has 0 spiro atoms. The first-order valence-corrected chi connectivity index (χ1v) is 3.16. The van der Waals surface area contributed by atoms with Gasteiger partial charge in [-0.15, -0.1) is 0 Å². The minimum absolute atomic E-state index is 0.250. The molecule has 0 aromatic heterocycles. The summed E-state index contributed by atoms with van der Waals surface area (Å²) >= 11 is 0. The molecule has 10 heavy (non-hydrogen) atoms. The molecule has 1 heterocycles. The molecule has 1 aliphatic heterocycles. The van der Waals surface area contributed by atoms with E-state index >= 15 is 0 Å². The molecule has 0 amide bonds. The molecular weight excluding hydrogens is 134 g/mol. The van der Waals surface area contributed by atoms with Gasteiger partial charge in [0.2, 0.25) is 0 Å². The van der Waals surface area contributed by atoms with Crippen molar-refractivity contribution >= 4 is 13.6 Å². The van der Waals surface area contributed by atoms with Crippen molar-refractivity contribution in [3.63, 3.8) is 0 Å². The van der Waals surface area contributed by atoms with E-state index in [4.69, 9.17) is 5.73 Å². The Kier molecular flexibility index (Phi) is 2.40. The lowest BCUT2D eigenvalue weighted by Gasteiger charge is -2.07. The van der Waals surface area contributed by atoms with Gasteiger partial charge in [0.15, 0.2) is 0 Å². The van der Waals surface area contributed by atoms with Crippen LogP contribution >= 0.6 is 0 Å². The molecule has 0 aromatic carbocycles. The van der Waals surface area contributed by atoms with E-state index in [9.17, 15) is 9.18 Å². The van der Waals surface area contributed by atoms with Gasteiger partial charge in [0, 0.05) is 19.1 Å². The predicted octanol–water partition coefficient (Wildman–Crippen LogP) is -1.22. The predicted molar refractivity (Wildman–Crippen MR) is 36.9 cm³/mol. The molecule has 2 N–H and O–H groups in total. The Balaban J connectivity index is 2.33. The van der Waals surface area contributed by atoms with Crippen LogP contribution in [0.4, 0.5) is 4.39 Å². The molecule has 1 saturated heterocycles. The summed E-state index contributed by atoms with van der Waals surface area (Å²) in [5.41, 5.74) is 5.35. The summed E-state index contributed by atoms with van der Waals surface area (Å²) in [6.07, 6.45) is -0.346. The monoisotopic (exact) mass is 143 g/mol. The van der Waals surface area contributed by atoms with Crippen LogP contribution in [-0.2, 0) is 4.79 Å². The Morgan fingerprint density at radius 3 is 2.80 bits per heavy atom. The largest absolute Gasteiger partial charge is 0.336 e. The molecule has 1 radical (unpaired) electrons. The fraction of sp³-hybridized carbons (Fsp3) is 0.800. The van der Waals surface area contributed by atoms with Gasteiger partial charge in [0.25, 0.3) is 7.41 Å². The van der Waals surface area contributed by atoms with E-state index in [0.29, 0.717) is 12.7 Å². The lowest BCUT2D eigenvalue weighted by molar-refractivity contribution is 0.324. The molecular formula is C5H9BFN2O. The van der Waals surface area contributed by atoms with Crippen molar-refractivity contribution in [2.45, 2.75) is 12.2 Å². The number of nitrogens with two attached hydrogens (primary N) is 1. The first-order chi connectivity index (χ1) is 4.74. The number of hydrogen-bond donors (Lipinski definition) is 1. The molecule has 1 rings (SSSR count). The lowest BCUT2D eigenvalue weighted by Crippen LogP contribution is -2.31. The number of rotatable bonds is 2. The fourth-order valence-electron chi connectivity index (χ4n) is 1.03. The van der Waals surface area contributed by atoms with Crippen LogP contribution in [0.25, 0.3) is 0 Å². The number of carbonyl (C=O) groups excluding carboxylic acids is 1. The van der Waals surface area contributed by atoms with Crippen LogP contribution < -0.4 is 5.73 Å². The van der Waals surface area contributed by atoms with E-state index in [1.54, 1.807) is 4.81 Å². The van der Waals surface area contributed by atoms with Crippen molar-refractivity contribution < 1.29 is 9.18 Å². The van der Waals surface area contributed by atoms with Crippen LogP contribution in [0.1, 0.15) is 0 Å². The normalized spacial score (nSPS) is 34.2. The summed E-state index contributed by atoms with van der Waals surface area (Å²) < 4.78 is 12.6. The van der Waals surface area contributed by atoms with Crippen molar-refractivity contribution in [1.82, 2.24) is 4.81 Å². The molecule has 3 nitrogen and oxygen atoms in total. The second-order valence-electron chi connectivity index (χ2n) is 2.42. The second-order valence-corrected chi connectivity index (χ2v) is 2.42. The van der Waals surface area contributed by atoms with Crippen LogP contribution in [0.2, 0.25) is 0 Å². The minimum Gasteiger partial charge on any atom is -0.336 e. The van der Waals surface area contributed by atoms with Crippen LogP contribution in [0.5, 0.6) is 0 Å². The fourth-order valence-corrected chi connectivity index (χ4v) is 1.03. The standard InChI is InChI=1S/C5H9BFN2O/c7-4-1-9(6-3-10)2-5(4)8/h3-5H,1-2,8H2/t4-,5+/m0/s1. The van der Waals surface area contributed by atoms with Gasteiger partial charge in [-0.05, 0) is 0 Å². The minimum atomic E-state index is -0.990. The average Bonchev–Trinajstić information content (AvgIpc) is 2.14. The van der Waals surface area contributed by atoms with Gasteiger partial charge >= 0.3 is 0 Å². The summed E-state index contributed by atoms with van der Waals surface area (Å²) in [5, 5.41) is 0. The van der Waals surface area contributed by atoms with E-state index < -0.39 is 12.2 Å². The maximum atomic E-state index is 12.6. The zero-order valence-corrected chi connectivity index (χ0v) is 5.53. The van der Waals surface area contributed by atoms with Crippen molar-refractivity contribution in [2.24, 2.45) is 5.73 Å². The topological polar surface area (TPSA) is 46.3 Å². The third kappa shape index (κ3) is 1.55. The zero-order valence-electron chi connectivity index (χ0n) is 5.53. The molecule has 5 heteroatoms. The maximum absolute atomic E-state index is 12.6. The Morgan fingerprint density at radius 2 is 2.40 bits per heavy atom. The number of alkyl halides is 1. The van der Waals surface area contributed by atoms with E-state index in [-0.39, 0.29) is 6.54 Å². The van der Waals surface area contributed by atoms with Gasteiger partial charge < -0.3 is 15.3 Å². The quantitative estimate of drug-likeness (QED) is 0.389.